The van der Waals surface area contributed by atoms with Crippen LogP contribution in [0.25, 0.3) is 11.0 Å². The van der Waals surface area contributed by atoms with Crippen LogP contribution in [-0.4, -0.2) is 33.7 Å². The monoisotopic (exact) mass is 384 g/mol. The van der Waals surface area contributed by atoms with Gasteiger partial charge in [-0.05, 0) is 30.5 Å². The van der Waals surface area contributed by atoms with Gasteiger partial charge in [0.15, 0.2) is 0 Å². The van der Waals surface area contributed by atoms with E-state index in [1.54, 1.807) is 22.9 Å². The van der Waals surface area contributed by atoms with Crippen LogP contribution in [0.4, 0.5) is 5.95 Å². The van der Waals surface area contributed by atoms with Crippen LogP contribution >= 0.6 is 12.4 Å². The Morgan fingerprint density at radius 1 is 1.26 bits per heavy atom. The highest BCUT2D eigenvalue weighted by molar-refractivity contribution is 5.85. The second-order valence-electron chi connectivity index (χ2n) is 6.64. The molecule has 3 N–H and O–H groups in total. The van der Waals surface area contributed by atoms with Crippen LogP contribution in [-0.2, 0) is 6.54 Å². The molecule has 0 unspecified atom stereocenters. The molecule has 1 aliphatic heterocycles. The molecule has 0 atom stereocenters. The van der Waals surface area contributed by atoms with Gasteiger partial charge >= 0.3 is 0 Å². The van der Waals surface area contributed by atoms with E-state index in [4.69, 9.17) is 10.7 Å². The Morgan fingerprint density at radius 3 is 2.74 bits per heavy atom. The van der Waals surface area contributed by atoms with Crippen molar-refractivity contribution < 1.29 is 0 Å². The minimum absolute atomic E-state index is 0. The van der Waals surface area contributed by atoms with Crippen LogP contribution in [0.5, 0.6) is 0 Å². The number of H-pyrrole nitrogens is 1. The van der Waals surface area contributed by atoms with Gasteiger partial charge in [-0.25, -0.2) is 0 Å². The summed E-state index contributed by atoms with van der Waals surface area (Å²) in [5, 5.41) is 9.92. The molecule has 0 spiro atoms. The molecule has 0 bridgehead atoms. The number of piperidine rings is 1. The normalized spacial score (nSPS) is 14.7. The summed E-state index contributed by atoms with van der Waals surface area (Å²) >= 11 is 0. The molecule has 27 heavy (non-hydrogen) atoms. The Balaban J connectivity index is 0.00000210. The van der Waals surface area contributed by atoms with E-state index in [-0.39, 0.29) is 24.0 Å². The summed E-state index contributed by atoms with van der Waals surface area (Å²) in [6.45, 7) is 1.84. The second kappa shape index (κ2) is 7.82. The highest BCUT2D eigenvalue weighted by Gasteiger charge is 2.22. The molecule has 1 aliphatic rings. The summed E-state index contributed by atoms with van der Waals surface area (Å²) in [7, 11) is 0. The average Bonchev–Trinajstić information content (AvgIpc) is 3.14. The summed E-state index contributed by atoms with van der Waals surface area (Å²) in [6, 6.07) is 11.5. The summed E-state index contributed by atoms with van der Waals surface area (Å²) in [4.78, 5) is 22.9. The molecule has 140 valence electrons. The molecule has 4 rings (SSSR count). The molecule has 0 saturated carbocycles. The van der Waals surface area contributed by atoms with Crippen molar-refractivity contribution in [2.24, 2.45) is 5.73 Å². The van der Waals surface area contributed by atoms with Crippen LogP contribution in [0.2, 0.25) is 0 Å². The fourth-order valence-corrected chi connectivity index (χ4v) is 3.44. The largest absolute Gasteiger partial charge is 0.346 e. The third kappa shape index (κ3) is 3.54. The van der Waals surface area contributed by atoms with E-state index in [2.05, 4.69) is 16.0 Å². The molecular formula is C19H21ClN6O. The number of anilines is 1. The van der Waals surface area contributed by atoms with Gasteiger partial charge < -0.3 is 15.6 Å². The predicted molar refractivity (Wildman–Crippen MR) is 107 cm³/mol. The van der Waals surface area contributed by atoms with Crippen LogP contribution in [0, 0.1) is 11.3 Å². The number of benzene rings is 1. The number of hydrogen-bond acceptors (Lipinski definition) is 5. The number of halogens is 1. The molecule has 3 aromatic rings. The SMILES string of the molecule is Cl.N#Cc1ccccc1Cn1c(N2CCC(N)CC2)nc2[nH]ccc2c1=O. The number of nitrogens with one attached hydrogen (secondary N) is 1. The van der Waals surface area contributed by atoms with Crippen LogP contribution < -0.4 is 16.2 Å². The smallest absolute Gasteiger partial charge is 0.264 e. The van der Waals surface area contributed by atoms with E-state index >= 15 is 0 Å². The van der Waals surface area contributed by atoms with E-state index in [9.17, 15) is 10.1 Å². The highest BCUT2D eigenvalue weighted by atomic mass is 35.5. The first-order valence-electron chi connectivity index (χ1n) is 8.74. The van der Waals surface area contributed by atoms with E-state index < -0.39 is 0 Å². The lowest BCUT2D eigenvalue weighted by molar-refractivity contribution is 0.488. The van der Waals surface area contributed by atoms with Gasteiger partial charge in [-0.2, -0.15) is 10.2 Å². The minimum Gasteiger partial charge on any atom is -0.346 e. The van der Waals surface area contributed by atoms with E-state index in [0.29, 0.717) is 29.1 Å². The number of hydrogen-bond donors (Lipinski definition) is 2. The van der Waals surface area contributed by atoms with Crippen molar-refractivity contribution in [2.45, 2.75) is 25.4 Å². The van der Waals surface area contributed by atoms with E-state index in [0.717, 1.165) is 31.5 Å². The summed E-state index contributed by atoms with van der Waals surface area (Å²) < 4.78 is 1.67. The molecule has 3 heterocycles. The molecule has 0 radical (unpaired) electrons. The zero-order valence-corrected chi connectivity index (χ0v) is 15.6. The number of nitrogens with two attached hydrogens (primary N) is 1. The lowest BCUT2D eigenvalue weighted by Gasteiger charge is -2.32. The molecule has 7 nitrogen and oxygen atoms in total. The van der Waals surface area contributed by atoms with Gasteiger partial charge in [-0.1, -0.05) is 18.2 Å². The van der Waals surface area contributed by atoms with Gasteiger partial charge in [-0.3, -0.25) is 9.36 Å². The number of nitriles is 1. The van der Waals surface area contributed by atoms with E-state index in [1.165, 1.54) is 0 Å². The number of aromatic amines is 1. The maximum absolute atomic E-state index is 13.1. The molecule has 1 saturated heterocycles. The fraction of sp³-hybridized carbons (Fsp3) is 0.316. The number of fused-ring (bicyclic) bond motifs is 1. The first-order chi connectivity index (χ1) is 12.7. The molecule has 1 fully saturated rings. The molecular weight excluding hydrogens is 364 g/mol. The Bertz CT molecular complexity index is 1040. The van der Waals surface area contributed by atoms with Crippen LogP contribution in [0.3, 0.4) is 0 Å². The molecule has 8 heteroatoms. The van der Waals surface area contributed by atoms with Crippen molar-refractivity contribution in [1.82, 2.24) is 14.5 Å². The van der Waals surface area contributed by atoms with Crippen LogP contribution in [0.1, 0.15) is 24.0 Å². The Hall–Kier alpha value is -2.82. The lowest BCUT2D eigenvalue weighted by Crippen LogP contribution is -2.42. The standard InChI is InChI=1S/C19H20N6O.ClH/c20-11-13-3-1-2-4-14(13)12-25-18(26)16-5-8-22-17(16)23-19(25)24-9-6-15(21)7-10-24;/h1-5,8,15,22H,6-7,9-10,12,21H2;1H. The highest BCUT2D eigenvalue weighted by Crippen LogP contribution is 2.20. The van der Waals surface area contributed by atoms with Crippen molar-refractivity contribution in [1.29, 1.82) is 5.26 Å². The van der Waals surface area contributed by atoms with E-state index in [1.807, 2.05) is 18.2 Å². The van der Waals surface area contributed by atoms with Crippen molar-refractivity contribution in [3.63, 3.8) is 0 Å². The van der Waals surface area contributed by atoms with Gasteiger partial charge in [0.2, 0.25) is 5.95 Å². The maximum atomic E-state index is 13.1. The Labute approximate surface area is 162 Å². The van der Waals surface area contributed by atoms with Crippen molar-refractivity contribution >= 4 is 29.4 Å². The average molecular weight is 385 g/mol. The maximum Gasteiger partial charge on any atom is 0.264 e. The Morgan fingerprint density at radius 2 is 2.00 bits per heavy atom. The predicted octanol–water partition coefficient (Wildman–Crippen LogP) is 1.99. The quantitative estimate of drug-likeness (QED) is 0.718. The fourth-order valence-electron chi connectivity index (χ4n) is 3.44. The summed E-state index contributed by atoms with van der Waals surface area (Å²) in [6.07, 6.45) is 3.46. The summed E-state index contributed by atoms with van der Waals surface area (Å²) in [5.41, 5.74) is 7.88. The van der Waals surface area contributed by atoms with Gasteiger partial charge in [-0.15, -0.1) is 12.4 Å². The van der Waals surface area contributed by atoms with Crippen molar-refractivity contribution in [3.8, 4) is 6.07 Å². The first-order valence-corrected chi connectivity index (χ1v) is 8.74. The number of rotatable bonds is 3. The number of aromatic nitrogens is 3. The lowest BCUT2D eigenvalue weighted by atomic mass is 10.1. The second-order valence-corrected chi connectivity index (χ2v) is 6.64. The molecule has 0 aliphatic carbocycles. The van der Waals surface area contributed by atoms with Gasteiger partial charge in [0.05, 0.1) is 23.6 Å². The topological polar surface area (TPSA) is 104 Å². The molecule has 0 amide bonds. The summed E-state index contributed by atoms with van der Waals surface area (Å²) in [5.74, 6) is 0.629. The third-order valence-corrected chi connectivity index (χ3v) is 4.94. The zero-order valence-electron chi connectivity index (χ0n) is 14.8. The third-order valence-electron chi connectivity index (χ3n) is 4.94. The number of nitrogens with zero attached hydrogens (tertiary/aromatic N) is 4. The van der Waals surface area contributed by atoms with Gasteiger partial charge in [0.1, 0.15) is 5.65 Å². The van der Waals surface area contributed by atoms with Gasteiger partial charge in [0, 0.05) is 25.3 Å². The zero-order chi connectivity index (χ0) is 18.1. The molecule has 1 aromatic carbocycles. The molecule has 2 aromatic heterocycles. The van der Waals surface area contributed by atoms with Crippen LogP contribution in [0.15, 0.2) is 41.3 Å². The minimum atomic E-state index is -0.103. The Kier molecular flexibility index (Phi) is 5.49. The first kappa shape index (κ1) is 19.0. The van der Waals surface area contributed by atoms with Gasteiger partial charge in [0.25, 0.3) is 5.56 Å². The van der Waals surface area contributed by atoms with Crippen molar-refractivity contribution in [3.05, 3.63) is 58.0 Å². The van der Waals surface area contributed by atoms with Crippen molar-refractivity contribution in [2.75, 3.05) is 18.0 Å².